The molecule has 0 fully saturated rings. The maximum Gasteiger partial charge on any atom is 0.417 e. The van der Waals surface area contributed by atoms with Gasteiger partial charge in [0.15, 0.2) is 4.99 Å². The van der Waals surface area contributed by atoms with E-state index in [9.17, 15) is 18.3 Å². The van der Waals surface area contributed by atoms with Crippen LogP contribution in [0.5, 0.6) is 0 Å². The molecule has 7 heteroatoms. The average molecular weight is 323 g/mol. The van der Waals surface area contributed by atoms with Gasteiger partial charge in [0.25, 0.3) is 0 Å². The molecule has 1 aromatic rings. The first-order chi connectivity index (χ1) is 10.2. The lowest BCUT2D eigenvalue weighted by atomic mass is 9.95. The third-order valence-electron chi connectivity index (χ3n) is 2.61. The molecular formula is C15H17NO5S. The maximum atomic E-state index is 11.6. The Bertz CT molecular complexity index is 755. The predicted octanol–water partition coefficient (Wildman–Crippen LogP) is 1.57. The topological polar surface area (TPSA) is 94.9 Å². The molecular weight excluding hydrogens is 306 g/mol. The van der Waals surface area contributed by atoms with E-state index in [1.54, 1.807) is 32.9 Å². The fourth-order valence-electron chi connectivity index (χ4n) is 1.84. The predicted molar refractivity (Wildman–Crippen MR) is 84.3 cm³/mol. The van der Waals surface area contributed by atoms with Gasteiger partial charge in [-0.25, -0.2) is 9.69 Å². The molecule has 0 spiro atoms. The van der Waals surface area contributed by atoms with E-state index in [0.29, 0.717) is 5.56 Å². The molecule has 1 rings (SSSR count). The molecule has 2 N–H and O–H groups in total. The molecule has 0 bridgehead atoms. The molecule has 0 aliphatic rings. The van der Waals surface area contributed by atoms with Gasteiger partial charge in [-0.1, -0.05) is 38.7 Å². The van der Waals surface area contributed by atoms with Crippen molar-refractivity contribution >= 4 is 27.1 Å². The van der Waals surface area contributed by atoms with Crippen LogP contribution in [0.1, 0.15) is 26.3 Å². The first-order valence-electron chi connectivity index (χ1n) is 6.38. The standard InChI is InChI=1S/C15H17NO5S/c1-15(2,3)13(22(20)21)16(14(18)19)12-8-4-6-11(10-12)7-5-9-17/h4,6,8,10,17H,9H2,1-3H3,(H,18,19). The number of benzene rings is 1. The number of nitrogens with zero attached hydrogens (tertiary/aromatic N) is 1. The highest BCUT2D eigenvalue weighted by Gasteiger charge is 2.32. The lowest BCUT2D eigenvalue weighted by Crippen LogP contribution is -2.43. The minimum absolute atomic E-state index is 0.173. The van der Waals surface area contributed by atoms with E-state index in [1.807, 2.05) is 0 Å². The average Bonchev–Trinajstić information content (AvgIpc) is 2.40. The summed E-state index contributed by atoms with van der Waals surface area (Å²) < 4.78 is 23.0. The molecule has 0 aliphatic heterocycles. The third kappa shape index (κ3) is 4.35. The number of amides is 1. The first-order valence-corrected chi connectivity index (χ1v) is 7.45. The van der Waals surface area contributed by atoms with E-state index in [-0.39, 0.29) is 17.3 Å². The van der Waals surface area contributed by atoms with Crippen LogP contribution < -0.4 is 4.90 Å². The number of hydrogen-bond donors (Lipinski definition) is 2. The van der Waals surface area contributed by atoms with Gasteiger partial charge in [-0.05, 0) is 18.2 Å². The fourth-order valence-corrected chi connectivity index (χ4v) is 2.67. The summed E-state index contributed by atoms with van der Waals surface area (Å²) in [6.45, 7) is 4.52. The van der Waals surface area contributed by atoms with Gasteiger partial charge in [0.05, 0.1) is 5.69 Å². The van der Waals surface area contributed by atoms with Crippen molar-refractivity contribution < 1.29 is 23.4 Å². The van der Waals surface area contributed by atoms with Crippen LogP contribution in [0.4, 0.5) is 10.5 Å². The van der Waals surface area contributed by atoms with E-state index in [4.69, 9.17) is 5.11 Å². The van der Waals surface area contributed by atoms with Crippen molar-refractivity contribution in [3.05, 3.63) is 29.8 Å². The molecule has 6 nitrogen and oxygen atoms in total. The second-order valence-electron chi connectivity index (χ2n) is 5.42. The second-order valence-corrected chi connectivity index (χ2v) is 6.27. The highest BCUT2D eigenvalue weighted by atomic mass is 32.2. The van der Waals surface area contributed by atoms with Crippen molar-refractivity contribution in [3.8, 4) is 11.8 Å². The minimum atomic E-state index is -2.70. The van der Waals surface area contributed by atoms with Crippen molar-refractivity contribution in [1.82, 2.24) is 0 Å². The fraction of sp³-hybridized carbons (Fsp3) is 0.333. The molecule has 0 aromatic heterocycles. The molecule has 0 atom stereocenters. The van der Waals surface area contributed by atoms with Gasteiger partial charge in [-0.15, -0.1) is 0 Å². The van der Waals surface area contributed by atoms with Gasteiger partial charge in [-0.2, -0.15) is 8.42 Å². The zero-order valence-electron chi connectivity index (χ0n) is 12.5. The van der Waals surface area contributed by atoms with Crippen LogP contribution in [-0.4, -0.2) is 36.3 Å². The lowest BCUT2D eigenvalue weighted by molar-refractivity contribution is 0.205. The Morgan fingerprint density at radius 1 is 1.32 bits per heavy atom. The smallest absolute Gasteiger partial charge is 0.417 e. The summed E-state index contributed by atoms with van der Waals surface area (Å²) in [6, 6.07) is 6.14. The molecule has 118 valence electrons. The summed E-state index contributed by atoms with van der Waals surface area (Å²) in [7, 11) is -2.70. The van der Waals surface area contributed by atoms with Crippen LogP contribution >= 0.6 is 0 Å². The molecule has 0 saturated carbocycles. The van der Waals surface area contributed by atoms with E-state index in [2.05, 4.69) is 11.8 Å². The van der Waals surface area contributed by atoms with E-state index >= 15 is 0 Å². The molecule has 0 heterocycles. The van der Waals surface area contributed by atoms with Gasteiger partial charge < -0.3 is 10.2 Å². The van der Waals surface area contributed by atoms with Crippen molar-refractivity contribution in [2.45, 2.75) is 20.8 Å². The monoisotopic (exact) mass is 323 g/mol. The summed E-state index contributed by atoms with van der Waals surface area (Å²) in [5.41, 5.74) is -0.244. The highest BCUT2D eigenvalue weighted by molar-refractivity contribution is 7.73. The zero-order chi connectivity index (χ0) is 16.9. The van der Waals surface area contributed by atoms with Crippen LogP contribution in [0.15, 0.2) is 24.3 Å². The van der Waals surface area contributed by atoms with Crippen molar-refractivity contribution in [2.75, 3.05) is 11.5 Å². The second kappa shape index (κ2) is 7.11. The summed E-state index contributed by atoms with van der Waals surface area (Å²) >= 11 is 0. The molecule has 0 aliphatic carbocycles. The normalized spacial score (nSPS) is 10.4. The molecule has 1 aromatic carbocycles. The summed E-state index contributed by atoms with van der Waals surface area (Å²) in [5.74, 6) is 5.11. The number of carboxylic acid groups (broad SMARTS) is 1. The Labute approximate surface area is 130 Å². The third-order valence-corrected chi connectivity index (χ3v) is 3.72. The van der Waals surface area contributed by atoms with Crippen LogP contribution in [-0.2, 0) is 10.3 Å². The van der Waals surface area contributed by atoms with Crippen LogP contribution in [0.25, 0.3) is 0 Å². The lowest BCUT2D eigenvalue weighted by Gasteiger charge is -2.28. The summed E-state index contributed by atoms with van der Waals surface area (Å²) in [4.78, 5) is 12.0. The number of hydrogen-bond acceptors (Lipinski definition) is 4. The van der Waals surface area contributed by atoms with E-state index < -0.39 is 21.8 Å². The highest BCUT2D eigenvalue weighted by Crippen LogP contribution is 2.25. The summed E-state index contributed by atoms with van der Waals surface area (Å²) in [6.07, 6.45) is -1.40. The van der Waals surface area contributed by atoms with Gasteiger partial charge >= 0.3 is 6.09 Å². The Morgan fingerprint density at radius 3 is 2.41 bits per heavy atom. The molecule has 1 amide bonds. The van der Waals surface area contributed by atoms with Crippen molar-refractivity contribution in [2.24, 2.45) is 5.41 Å². The molecule has 22 heavy (non-hydrogen) atoms. The van der Waals surface area contributed by atoms with Gasteiger partial charge in [0, 0.05) is 11.0 Å². The number of aliphatic hydroxyl groups is 1. The number of aliphatic hydroxyl groups excluding tert-OH is 1. The molecule has 0 saturated heterocycles. The SMILES string of the molecule is CC(C)(C)C(N(C(=O)O)c1cccc(C#CCO)c1)=S(=O)=O. The first kappa shape index (κ1) is 17.8. The Hall–Kier alpha value is -2.30. The number of rotatable bonds is 1. The van der Waals surface area contributed by atoms with Gasteiger partial charge in [0.2, 0.25) is 10.3 Å². The van der Waals surface area contributed by atoms with Crippen molar-refractivity contribution in [1.29, 1.82) is 0 Å². The zero-order valence-corrected chi connectivity index (χ0v) is 13.3. The van der Waals surface area contributed by atoms with E-state index in [1.165, 1.54) is 12.1 Å². The van der Waals surface area contributed by atoms with Gasteiger partial charge in [-0.3, -0.25) is 0 Å². The van der Waals surface area contributed by atoms with E-state index in [0.717, 1.165) is 4.90 Å². The Morgan fingerprint density at radius 2 is 1.95 bits per heavy atom. The Balaban J connectivity index is 3.52. The minimum Gasteiger partial charge on any atom is -0.464 e. The largest absolute Gasteiger partial charge is 0.464 e. The van der Waals surface area contributed by atoms with Crippen LogP contribution in [0.2, 0.25) is 0 Å². The number of anilines is 1. The summed E-state index contributed by atoms with van der Waals surface area (Å²) in [5, 5.41) is 18.1. The van der Waals surface area contributed by atoms with Crippen LogP contribution in [0.3, 0.4) is 0 Å². The maximum absolute atomic E-state index is 11.6. The van der Waals surface area contributed by atoms with Crippen molar-refractivity contribution in [3.63, 3.8) is 0 Å². The molecule has 0 unspecified atom stereocenters. The Kier molecular flexibility index (Phi) is 5.74. The molecule has 0 radical (unpaired) electrons. The number of carbonyl (C=O) groups is 1. The quantitative estimate of drug-likeness (QED) is 0.604. The van der Waals surface area contributed by atoms with Crippen LogP contribution in [0, 0.1) is 17.3 Å². The van der Waals surface area contributed by atoms with Gasteiger partial charge in [0.1, 0.15) is 6.61 Å².